The molecule has 0 aromatic rings. The molecule has 1 N–H and O–H groups in total. The van der Waals surface area contributed by atoms with Gasteiger partial charge in [-0.25, -0.2) is 8.42 Å². The van der Waals surface area contributed by atoms with E-state index < -0.39 is 21.4 Å². The SMILES string of the molecule is CCCC(CC)CC(CC)CC(CC(CC)CC)CC(CC(CC(CC)CC)CC(CC)CC)CC(CC(CC(CC(CC(CC)CC)CC(CC)CC)CC(CC(CC)CC)CC(CC)CC)CC(CC(CC(CC)CC)CC(CC)CC)CC(CC(CC)CC)CC(CC)CC)CC(CC)C(=O)NC(C)(C)CS(=O)(=O)[O-].[Na+]. The Morgan fingerprint density at radius 3 is 0.509 bits per heavy atom. The first-order chi connectivity index (χ1) is 54.0. The van der Waals surface area contributed by atoms with Crippen molar-refractivity contribution in [3.63, 3.8) is 0 Å². The van der Waals surface area contributed by atoms with Gasteiger partial charge in [-0.05, 0) is 316 Å². The third-order valence-corrected chi connectivity index (χ3v) is 33.4. The summed E-state index contributed by atoms with van der Waals surface area (Å²) in [4.78, 5) is 15.7. The topological polar surface area (TPSA) is 86.3 Å². The van der Waals surface area contributed by atoms with Crippen molar-refractivity contribution >= 4 is 16.0 Å². The van der Waals surface area contributed by atoms with Crippen molar-refractivity contribution in [1.29, 1.82) is 0 Å². The maximum Gasteiger partial charge on any atom is 1.00 e. The van der Waals surface area contributed by atoms with Crippen molar-refractivity contribution in [1.82, 2.24) is 5.32 Å². The Hall–Kier alpha value is 0.380. The van der Waals surface area contributed by atoms with Gasteiger partial charge in [-0.2, -0.15) is 0 Å². The van der Waals surface area contributed by atoms with Crippen LogP contribution in [0.4, 0.5) is 0 Å². The molecule has 5 nitrogen and oxygen atoms in total. The minimum Gasteiger partial charge on any atom is -0.748 e. The molecule has 0 aliphatic heterocycles. The van der Waals surface area contributed by atoms with Crippen LogP contribution >= 0.6 is 0 Å². The number of carbonyl (C=O) groups is 1. The van der Waals surface area contributed by atoms with Gasteiger partial charge >= 0.3 is 29.6 Å². The summed E-state index contributed by atoms with van der Waals surface area (Å²) in [7, 11) is -4.60. The number of hydrogen-bond donors (Lipinski definition) is 1. The first kappa shape index (κ1) is 116. The molecular weight excluding hydrogens is 1420 g/mol. The van der Waals surface area contributed by atoms with E-state index in [0.717, 1.165) is 107 Å². The van der Waals surface area contributed by atoms with Gasteiger partial charge in [0.2, 0.25) is 5.91 Å². The maximum absolute atomic E-state index is 15.7. The molecule has 6 atom stereocenters. The summed E-state index contributed by atoms with van der Waals surface area (Å²) >= 11 is 0. The van der Waals surface area contributed by atoms with Gasteiger partial charge in [0.25, 0.3) is 0 Å². The van der Waals surface area contributed by atoms with E-state index in [4.69, 9.17) is 0 Å². The molecule has 0 aromatic heterocycles. The molecule has 0 aliphatic carbocycles. The van der Waals surface area contributed by atoms with Crippen LogP contribution in [0.15, 0.2) is 0 Å². The molecule has 678 valence electrons. The van der Waals surface area contributed by atoms with Crippen molar-refractivity contribution in [3.8, 4) is 0 Å². The van der Waals surface area contributed by atoms with Crippen molar-refractivity contribution in [3.05, 3.63) is 0 Å². The Kier molecular flexibility index (Phi) is 71.1. The van der Waals surface area contributed by atoms with Crippen LogP contribution < -0.4 is 34.9 Å². The molecule has 1 amide bonds. The van der Waals surface area contributed by atoms with Crippen LogP contribution in [-0.2, 0) is 14.9 Å². The van der Waals surface area contributed by atoms with Crippen LogP contribution in [0.25, 0.3) is 0 Å². The molecule has 114 heavy (non-hydrogen) atoms. The van der Waals surface area contributed by atoms with Crippen molar-refractivity contribution < 1.29 is 47.3 Å². The first-order valence-electron chi connectivity index (χ1n) is 52.2. The number of nitrogens with one attached hydrogen (secondary N) is 1. The van der Waals surface area contributed by atoms with Gasteiger partial charge in [0.05, 0.1) is 15.9 Å². The Labute approximate surface area is 743 Å². The van der Waals surface area contributed by atoms with E-state index in [2.05, 4.69) is 185 Å². The number of hydrogen-bond acceptors (Lipinski definition) is 4. The second kappa shape index (κ2) is 69.7. The summed E-state index contributed by atoms with van der Waals surface area (Å²) < 4.78 is 38.3. The van der Waals surface area contributed by atoms with Crippen LogP contribution in [0.1, 0.15) is 521 Å². The van der Waals surface area contributed by atoms with Crippen LogP contribution in [0, 0.1) is 148 Å². The van der Waals surface area contributed by atoms with E-state index in [0.29, 0.717) is 47.8 Å². The van der Waals surface area contributed by atoms with Gasteiger partial charge < -0.3 is 9.87 Å². The van der Waals surface area contributed by atoms with Gasteiger partial charge in [-0.3, -0.25) is 4.79 Å². The minimum absolute atomic E-state index is 0. The van der Waals surface area contributed by atoms with E-state index in [1.54, 1.807) is 13.8 Å². The molecule has 0 aromatic carbocycles. The summed E-state index contributed by atoms with van der Waals surface area (Å²) in [5, 5.41) is 3.33. The summed E-state index contributed by atoms with van der Waals surface area (Å²) in [6.45, 7) is 68.3. The zero-order valence-corrected chi connectivity index (χ0v) is 86.6. The maximum atomic E-state index is 15.7. The molecule has 0 rings (SSSR count). The Balaban J connectivity index is 0. The first-order valence-corrected chi connectivity index (χ1v) is 53.8. The zero-order valence-electron chi connectivity index (χ0n) is 83.7. The average molecular weight is 1630 g/mol. The van der Waals surface area contributed by atoms with E-state index in [1.807, 2.05) is 0 Å². The molecule has 0 fully saturated rings. The van der Waals surface area contributed by atoms with Crippen LogP contribution in [0.3, 0.4) is 0 Å². The molecule has 7 heteroatoms. The van der Waals surface area contributed by atoms with Crippen molar-refractivity contribution in [2.24, 2.45) is 148 Å². The predicted molar refractivity (Wildman–Crippen MR) is 507 cm³/mol. The van der Waals surface area contributed by atoms with Crippen molar-refractivity contribution in [2.45, 2.75) is 527 Å². The second-order valence-corrected chi connectivity index (χ2v) is 42.6. The Bertz CT molecular complexity index is 2020. The van der Waals surface area contributed by atoms with E-state index in [-0.39, 0.29) is 41.4 Å². The summed E-state index contributed by atoms with van der Waals surface area (Å²) in [5.74, 6) is 16.0. The van der Waals surface area contributed by atoms with Gasteiger partial charge in [-0.1, -0.05) is 347 Å². The van der Waals surface area contributed by atoms with Crippen LogP contribution in [0.2, 0.25) is 0 Å². The number of rotatable bonds is 79. The van der Waals surface area contributed by atoms with E-state index in [9.17, 15) is 13.0 Å². The van der Waals surface area contributed by atoms with Crippen LogP contribution in [-0.4, -0.2) is 30.2 Å². The normalized spacial score (nSPS) is 14.7. The Morgan fingerprint density at radius 1 is 0.228 bits per heavy atom. The average Bonchev–Trinajstić information content (AvgIpc) is 0.843. The number of carbonyl (C=O) groups excluding carboxylic acids is 1. The molecule has 0 aliphatic rings. The van der Waals surface area contributed by atoms with Crippen LogP contribution in [0.5, 0.6) is 0 Å². The third kappa shape index (κ3) is 51.6. The molecule has 0 radical (unpaired) electrons. The zero-order chi connectivity index (χ0) is 85.5. The van der Waals surface area contributed by atoms with Gasteiger partial charge in [0, 0.05) is 11.5 Å². The van der Waals surface area contributed by atoms with Gasteiger partial charge in [0.15, 0.2) is 0 Å². The largest absolute Gasteiger partial charge is 1.00 e. The smallest absolute Gasteiger partial charge is 0.748 e. The van der Waals surface area contributed by atoms with E-state index in [1.165, 1.54) is 315 Å². The van der Waals surface area contributed by atoms with E-state index >= 15 is 4.79 Å². The van der Waals surface area contributed by atoms with Gasteiger partial charge in [-0.15, -0.1) is 0 Å². The Morgan fingerprint density at radius 2 is 0.368 bits per heavy atom. The molecule has 0 bridgehead atoms. The number of amides is 1. The van der Waals surface area contributed by atoms with Gasteiger partial charge in [0.1, 0.15) is 0 Å². The minimum atomic E-state index is -4.60. The van der Waals surface area contributed by atoms with Crippen molar-refractivity contribution in [2.75, 3.05) is 5.75 Å². The fourth-order valence-corrected chi connectivity index (χ4v) is 24.9. The molecule has 0 spiro atoms. The molecular formula is C107H214NNaO4S. The fraction of sp³-hybridized carbons (Fsp3) is 0.991. The summed E-state index contributed by atoms with van der Waals surface area (Å²) in [6.07, 6.45) is 65.8. The molecule has 0 saturated heterocycles. The third-order valence-electron chi connectivity index (χ3n) is 32.4. The molecule has 0 saturated carbocycles. The molecule has 0 heterocycles. The summed E-state index contributed by atoms with van der Waals surface area (Å²) in [5.41, 5.74) is -1.17. The standard InChI is InChI=1S/C107H215NO4S.Na/c1-29-55-92(52-24)67-93(53-25)68-99(66-91(50-22)51-23)74-102(73-98(64-89(46-18)47-19)65-90(48-20)49-21)77-104(79-105(54-26)106(109)108-107(27,28)80-113(110,111)112)78-103(75-100(69-94(56-81(30-2)31-3)57-82(32-4)33-5)70-95(58-83(34-6)35-7)59-84(36-8)37-9)76-101(71-96(60-85(38-10)39-11)61-86(40-12)41-13)72-97(62-87(42-14)43-15)63-88(44-16)45-17;/h81-105H,29-80H2,1-28H3,(H,108,109)(H,110,111,112);/q;+1/p-1. The fourth-order valence-electron chi connectivity index (χ4n) is 24.0. The predicted octanol–water partition coefficient (Wildman–Crippen LogP) is 32.2. The quantitative estimate of drug-likeness (QED) is 0.0486. The molecule has 6 unspecified atom stereocenters. The monoisotopic (exact) mass is 1630 g/mol. The summed E-state index contributed by atoms with van der Waals surface area (Å²) in [6, 6.07) is 0. The second-order valence-electron chi connectivity index (χ2n) is 41.2.